The van der Waals surface area contributed by atoms with Gasteiger partial charge < -0.3 is 5.32 Å². The van der Waals surface area contributed by atoms with Gasteiger partial charge in [0.15, 0.2) is 0 Å². The van der Waals surface area contributed by atoms with Gasteiger partial charge in [-0.3, -0.25) is 9.48 Å². The van der Waals surface area contributed by atoms with Crippen molar-refractivity contribution in [1.82, 2.24) is 20.3 Å². The second-order valence-corrected chi connectivity index (χ2v) is 5.55. The van der Waals surface area contributed by atoms with Gasteiger partial charge in [0.2, 0.25) is 0 Å². The summed E-state index contributed by atoms with van der Waals surface area (Å²) in [4.78, 5) is 12.0. The second-order valence-electron chi connectivity index (χ2n) is 5.11. The van der Waals surface area contributed by atoms with Crippen LogP contribution in [-0.4, -0.2) is 27.4 Å². The first-order valence-electron chi connectivity index (χ1n) is 7.32. The van der Waals surface area contributed by atoms with E-state index in [0.29, 0.717) is 18.1 Å². The summed E-state index contributed by atoms with van der Waals surface area (Å²) in [5.41, 5.74) is 1.64. The molecule has 0 unspecified atom stereocenters. The molecule has 0 fully saturated rings. The number of halogens is 2. The summed E-state index contributed by atoms with van der Waals surface area (Å²) in [6, 6.07) is 13.5. The van der Waals surface area contributed by atoms with Crippen molar-refractivity contribution in [2.75, 3.05) is 6.54 Å². The van der Waals surface area contributed by atoms with Crippen LogP contribution in [0.3, 0.4) is 0 Å². The molecule has 3 aromatic rings. The lowest BCUT2D eigenvalue weighted by Gasteiger charge is -2.06. The topological polar surface area (TPSA) is 59.8 Å². The molecule has 7 heteroatoms. The minimum absolute atomic E-state index is 0.0777. The SMILES string of the molecule is O=C(NCCn1cc(-c2ccccc2)nn1)c1cc(Cl)ccc1F. The average Bonchev–Trinajstić information content (AvgIpc) is 3.06. The Morgan fingerprint density at radius 2 is 2.00 bits per heavy atom. The Kier molecular flexibility index (Phi) is 4.86. The minimum Gasteiger partial charge on any atom is -0.350 e. The molecule has 2 aromatic carbocycles. The van der Waals surface area contributed by atoms with E-state index in [2.05, 4.69) is 15.6 Å². The van der Waals surface area contributed by atoms with Crippen molar-refractivity contribution in [3.63, 3.8) is 0 Å². The van der Waals surface area contributed by atoms with Crippen LogP contribution in [0, 0.1) is 5.82 Å². The maximum absolute atomic E-state index is 13.6. The molecule has 5 nitrogen and oxygen atoms in total. The fraction of sp³-hybridized carbons (Fsp3) is 0.118. The first-order chi connectivity index (χ1) is 11.6. The van der Waals surface area contributed by atoms with Crippen molar-refractivity contribution >= 4 is 17.5 Å². The molecule has 0 saturated heterocycles. The molecule has 0 bridgehead atoms. The minimum atomic E-state index is -0.607. The van der Waals surface area contributed by atoms with Crippen molar-refractivity contribution < 1.29 is 9.18 Å². The van der Waals surface area contributed by atoms with Crippen molar-refractivity contribution in [3.05, 3.63) is 71.1 Å². The molecule has 3 rings (SSSR count). The Hall–Kier alpha value is -2.73. The second kappa shape index (κ2) is 7.23. The molecule has 0 aliphatic carbocycles. The zero-order valence-corrected chi connectivity index (χ0v) is 13.4. The highest BCUT2D eigenvalue weighted by Gasteiger charge is 2.12. The van der Waals surface area contributed by atoms with Crippen molar-refractivity contribution in [3.8, 4) is 11.3 Å². The van der Waals surface area contributed by atoms with Gasteiger partial charge in [0.1, 0.15) is 11.5 Å². The molecule has 1 amide bonds. The molecular weight excluding hydrogens is 331 g/mol. The van der Waals surface area contributed by atoms with Gasteiger partial charge in [0.25, 0.3) is 5.91 Å². The van der Waals surface area contributed by atoms with Crippen LogP contribution in [0.15, 0.2) is 54.7 Å². The molecule has 1 aromatic heterocycles. The zero-order chi connectivity index (χ0) is 16.9. The Morgan fingerprint density at radius 1 is 1.21 bits per heavy atom. The lowest BCUT2D eigenvalue weighted by molar-refractivity contribution is 0.0948. The number of rotatable bonds is 5. The summed E-state index contributed by atoms with van der Waals surface area (Å²) in [6.45, 7) is 0.718. The van der Waals surface area contributed by atoms with Crippen molar-refractivity contribution in [2.45, 2.75) is 6.54 Å². The number of amides is 1. The van der Waals surface area contributed by atoms with E-state index in [0.717, 1.165) is 11.3 Å². The van der Waals surface area contributed by atoms with Crippen LogP contribution in [-0.2, 0) is 6.54 Å². The molecule has 0 spiro atoms. The Morgan fingerprint density at radius 3 is 2.79 bits per heavy atom. The number of nitrogens with one attached hydrogen (secondary N) is 1. The highest BCUT2D eigenvalue weighted by Crippen LogP contribution is 2.15. The molecule has 1 N–H and O–H groups in total. The third-order valence-corrected chi connectivity index (χ3v) is 3.64. The van der Waals surface area contributed by atoms with Crippen LogP contribution >= 0.6 is 11.6 Å². The summed E-state index contributed by atoms with van der Waals surface area (Å²) in [5, 5.41) is 11.1. The van der Waals surface area contributed by atoms with Gasteiger partial charge in [-0.2, -0.15) is 0 Å². The zero-order valence-electron chi connectivity index (χ0n) is 12.6. The monoisotopic (exact) mass is 344 g/mol. The van der Waals surface area contributed by atoms with Crippen molar-refractivity contribution in [1.29, 1.82) is 0 Å². The van der Waals surface area contributed by atoms with Crippen LogP contribution in [0.1, 0.15) is 10.4 Å². The average molecular weight is 345 g/mol. The van der Waals surface area contributed by atoms with E-state index < -0.39 is 11.7 Å². The maximum atomic E-state index is 13.6. The van der Waals surface area contributed by atoms with E-state index in [4.69, 9.17) is 11.6 Å². The molecule has 0 radical (unpaired) electrons. The highest BCUT2D eigenvalue weighted by molar-refractivity contribution is 6.31. The normalized spacial score (nSPS) is 10.6. The van der Waals surface area contributed by atoms with Crippen LogP contribution < -0.4 is 5.32 Å². The Balaban J connectivity index is 1.58. The molecule has 0 atom stereocenters. The van der Waals surface area contributed by atoms with E-state index in [1.54, 1.807) is 10.9 Å². The maximum Gasteiger partial charge on any atom is 0.254 e. The van der Waals surface area contributed by atoms with Gasteiger partial charge >= 0.3 is 0 Å². The van der Waals surface area contributed by atoms with Crippen LogP contribution in [0.2, 0.25) is 5.02 Å². The quantitative estimate of drug-likeness (QED) is 0.773. The van der Waals surface area contributed by atoms with E-state index in [1.807, 2.05) is 30.3 Å². The number of carbonyl (C=O) groups is 1. The van der Waals surface area contributed by atoms with E-state index in [9.17, 15) is 9.18 Å². The summed E-state index contributed by atoms with van der Waals surface area (Å²) in [6.07, 6.45) is 1.79. The number of aromatic nitrogens is 3. The fourth-order valence-electron chi connectivity index (χ4n) is 2.20. The van der Waals surface area contributed by atoms with Gasteiger partial charge in [0.05, 0.1) is 18.3 Å². The summed E-state index contributed by atoms with van der Waals surface area (Å²) < 4.78 is 15.2. The van der Waals surface area contributed by atoms with Crippen molar-refractivity contribution in [2.24, 2.45) is 0 Å². The largest absolute Gasteiger partial charge is 0.350 e. The number of nitrogens with zero attached hydrogens (tertiary/aromatic N) is 3. The number of hydrogen-bond donors (Lipinski definition) is 1. The first-order valence-corrected chi connectivity index (χ1v) is 7.70. The molecule has 0 aliphatic heterocycles. The summed E-state index contributed by atoms with van der Waals surface area (Å²) in [5.74, 6) is -1.12. The molecular formula is C17H14ClFN4O. The van der Waals surface area contributed by atoms with Crippen LogP contribution in [0.4, 0.5) is 4.39 Å². The number of benzene rings is 2. The Bertz CT molecular complexity index is 851. The van der Waals surface area contributed by atoms with E-state index in [-0.39, 0.29) is 5.56 Å². The first kappa shape index (κ1) is 16.1. The van der Waals surface area contributed by atoms with Gasteiger partial charge in [-0.05, 0) is 18.2 Å². The summed E-state index contributed by atoms with van der Waals surface area (Å²) >= 11 is 5.78. The smallest absolute Gasteiger partial charge is 0.254 e. The highest BCUT2D eigenvalue weighted by atomic mass is 35.5. The van der Waals surface area contributed by atoms with E-state index >= 15 is 0 Å². The predicted octanol–water partition coefficient (Wildman–Crippen LogP) is 3.17. The van der Waals surface area contributed by atoms with Gasteiger partial charge in [-0.15, -0.1) is 5.10 Å². The van der Waals surface area contributed by atoms with Gasteiger partial charge in [-0.1, -0.05) is 47.1 Å². The molecule has 122 valence electrons. The fourth-order valence-corrected chi connectivity index (χ4v) is 2.37. The summed E-state index contributed by atoms with van der Waals surface area (Å²) in [7, 11) is 0. The van der Waals surface area contributed by atoms with Crippen LogP contribution in [0.5, 0.6) is 0 Å². The molecule has 24 heavy (non-hydrogen) atoms. The lowest BCUT2D eigenvalue weighted by Crippen LogP contribution is -2.28. The van der Waals surface area contributed by atoms with Gasteiger partial charge in [-0.25, -0.2) is 4.39 Å². The molecule has 0 aliphatic rings. The molecule has 1 heterocycles. The predicted molar refractivity (Wildman–Crippen MR) is 89.2 cm³/mol. The third kappa shape index (κ3) is 3.78. The van der Waals surface area contributed by atoms with Gasteiger partial charge in [0, 0.05) is 17.1 Å². The lowest BCUT2D eigenvalue weighted by atomic mass is 10.2. The molecule has 0 saturated carbocycles. The number of hydrogen-bond acceptors (Lipinski definition) is 3. The van der Waals surface area contributed by atoms with E-state index in [1.165, 1.54) is 18.2 Å². The standard InChI is InChI=1S/C17H14ClFN4O/c18-13-6-7-15(19)14(10-13)17(24)20-8-9-23-11-16(21-22-23)12-4-2-1-3-5-12/h1-7,10-11H,8-9H2,(H,20,24). The third-order valence-electron chi connectivity index (χ3n) is 3.41. The van der Waals surface area contributed by atoms with Crippen LogP contribution in [0.25, 0.3) is 11.3 Å². The number of carbonyl (C=O) groups excluding carboxylic acids is 1. The Labute approximate surface area is 143 Å².